The molecule has 0 aliphatic rings. The fourth-order valence-electron chi connectivity index (χ4n) is 0.201. The quantitative estimate of drug-likeness (QED) is 0.558. The minimum Gasteiger partial charge on any atom is -0.323 e. The number of hydrogen-bond acceptors (Lipinski definition) is 1. The molecule has 60 valence electrons. The van der Waals surface area contributed by atoms with E-state index in [1.54, 1.807) is 0 Å². The average molecular weight is 225 g/mol. The van der Waals surface area contributed by atoms with E-state index in [-0.39, 0.29) is 4.49 Å². The molecule has 0 bridgehead atoms. The smallest absolute Gasteiger partial charge is 0.323 e. The van der Waals surface area contributed by atoms with Crippen LogP contribution in [-0.4, -0.2) is 14.9 Å². The topological polar surface area (TPSA) is 57.5 Å². The van der Waals surface area contributed by atoms with Gasteiger partial charge in [0.1, 0.15) is 4.49 Å². The minimum absolute atomic E-state index is 0.261. The fraction of sp³-hybridized carbons (Fsp3) is 0.333. The van der Waals surface area contributed by atoms with Gasteiger partial charge >= 0.3 is 7.60 Å². The molecule has 0 aromatic heterocycles. The van der Waals surface area contributed by atoms with Crippen LogP contribution in [0.15, 0.2) is 10.6 Å². The van der Waals surface area contributed by atoms with Gasteiger partial charge in [-0.05, 0) is 6.08 Å². The van der Waals surface area contributed by atoms with Gasteiger partial charge in [0, 0.05) is 0 Å². The molecular formula is C3H4Cl3O3P. The zero-order valence-corrected chi connectivity index (χ0v) is 7.70. The molecule has 1 unspecified atom stereocenters. The largest absolute Gasteiger partial charge is 0.347 e. The summed E-state index contributed by atoms with van der Waals surface area (Å²) in [6.45, 7) is 0. The van der Waals surface area contributed by atoms with E-state index in [0.717, 1.165) is 6.08 Å². The van der Waals surface area contributed by atoms with Crippen LogP contribution >= 0.6 is 42.4 Å². The maximum Gasteiger partial charge on any atom is 0.347 e. The summed E-state index contributed by atoms with van der Waals surface area (Å²) in [4.78, 5) is 16.7. The summed E-state index contributed by atoms with van der Waals surface area (Å²) >= 11 is 15.3. The van der Waals surface area contributed by atoms with E-state index >= 15 is 0 Å². The Kier molecular flexibility index (Phi) is 4.26. The molecule has 0 saturated heterocycles. The first-order chi connectivity index (χ1) is 4.34. The van der Waals surface area contributed by atoms with E-state index in [1.807, 2.05) is 0 Å². The Morgan fingerprint density at radius 3 is 2.00 bits per heavy atom. The molecule has 0 aliphatic carbocycles. The summed E-state index contributed by atoms with van der Waals surface area (Å²) < 4.78 is 10.0. The highest BCUT2D eigenvalue weighted by atomic mass is 35.5. The maximum absolute atomic E-state index is 10.3. The van der Waals surface area contributed by atoms with Crippen molar-refractivity contribution in [2.75, 3.05) is 0 Å². The highest BCUT2D eigenvalue weighted by molar-refractivity contribution is 7.54. The molecule has 0 aromatic carbocycles. The van der Waals surface area contributed by atoms with E-state index in [9.17, 15) is 4.57 Å². The van der Waals surface area contributed by atoms with Gasteiger partial charge in [0.2, 0.25) is 0 Å². The molecule has 0 spiro atoms. The van der Waals surface area contributed by atoms with Crippen LogP contribution in [0.2, 0.25) is 0 Å². The number of rotatable bonds is 2. The van der Waals surface area contributed by atoms with Crippen LogP contribution in [0.3, 0.4) is 0 Å². The van der Waals surface area contributed by atoms with Crippen molar-refractivity contribution in [3.05, 3.63) is 10.6 Å². The van der Waals surface area contributed by atoms with Gasteiger partial charge in [-0.3, -0.25) is 4.57 Å². The molecule has 0 amide bonds. The molecule has 0 heterocycles. The zero-order chi connectivity index (χ0) is 8.36. The van der Waals surface area contributed by atoms with Gasteiger partial charge in [0.15, 0.2) is 5.12 Å². The third kappa shape index (κ3) is 4.56. The van der Waals surface area contributed by atoms with Gasteiger partial charge in [0.25, 0.3) is 0 Å². The molecular weight excluding hydrogens is 221 g/mol. The molecule has 0 saturated carbocycles. The third-order valence-corrected chi connectivity index (χ3v) is 2.52. The summed E-state index contributed by atoms with van der Waals surface area (Å²) in [5.41, 5.74) is 0. The van der Waals surface area contributed by atoms with Crippen molar-refractivity contribution < 1.29 is 14.4 Å². The van der Waals surface area contributed by atoms with Crippen molar-refractivity contribution >= 4 is 42.4 Å². The normalized spacial score (nSPS) is 14.5. The standard InChI is InChI=1S/C3H4Cl3O3P/c4-2(5)1-3(6)10(7,8)9/h1,3H,(H2,7,8,9). The van der Waals surface area contributed by atoms with Gasteiger partial charge in [-0.2, -0.15) is 0 Å². The lowest BCUT2D eigenvalue weighted by Crippen LogP contribution is -1.93. The summed E-state index contributed by atoms with van der Waals surface area (Å²) in [5.74, 6) is 0. The molecule has 0 rings (SSSR count). The van der Waals surface area contributed by atoms with E-state index in [4.69, 9.17) is 44.6 Å². The number of allylic oxidation sites excluding steroid dienone is 1. The van der Waals surface area contributed by atoms with E-state index in [2.05, 4.69) is 0 Å². The van der Waals surface area contributed by atoms with Crippen molar-refractivity contribution in [1.29, 1.82) is 0 Å². The number of hydrogen-bond donors (Lipinski definition) is 2. The van der Waals surface area contributed by atoms with Crippen molar-refractivity contribution in [2.24, 2.45) is 0 Å². The average Bonchev–Trinajstić information content (AvgIpc) is 1.60. The van der Waals surface area contributed by atoms with Crippen molar-refractivity contribution in [1.82, 2.24) is 0 Å². The predicted molar refractivity (Wildman–Crippen MR) is 41.5 cm³/mol. The van der Waals surface area contributed by atoms with Crippen LogP contribution in [0.25, 0.3) is 0 Å². The van der Waals surface area contributed by atoms with Crippen LogP contribution in [0, 0.1) is 0 Å². The van der Waals surface area contributed by atoms with Gasteiger partial charge in [-0.25, -0.2) is 0 Å². The first-order valence-electron chi connectivity index (χ1n) is 2.06. The van der Waals surface area contributed by atoms with Crippen LogP contribution in [-0.2, 0) is 4.57 Å². The van der Waals surface area contributed by atoms with Gasteiger partial charge in [-0.1, -0.05) is 23.2 Å². The second-order valence-electron chi connectivity index (χ2n) is 1.42. The molecule has 2 N–H and O–H groups in total. The lowest BCUT2D eigenvalue weighted by Gasteiger charge is -2.04. The molecule has 0 fully saturated rings. The first-order valence-corrected chi connectivity index (χ1v) is 4.93. The monoisotopic (exact) mass is 224 g/mol. The highest BCUT2D eigenvalue weighted by Crippen LogP contribution is 2.44. The van der Waals surface area contributed by atoms with Crippen molar-refractivity contribution in [3.8, 4) is 0 Å². The second-order valence-corrected chi connectivity index (χ2v) is 4.93. The SMILES string of the molecule is O=P(O)(O)C(Cl)C=C(Cl)Cl. The molecule has 10 heavy (non-hydrogen) atoms. The summed E-state index contributed by atoms with van der Waals surface area (Å²) in [6.07, 6.45) is 0.867. The van der Waals surface area contributed by atoms with Gasteiger partial charge < -0.3 is 9.79 Å². The Balaban J connectivity index is 4.26. The van der Waals surface area contributed by atoms with Crippen LogP contribution < -0.4 is 0 Å². The lowest BCUT2D eigenvalue weighted by molar-refractivity contribution is 0.373. The van der Waals surface area contributed by atoms with Crippen molar-refractivity contribution in [2.45, 2.75) is 5.12 Å². The van der Waals surface area contributed by atoms with Crippen LogP contribution in [0.5, 0.6) is 0 Å². The molecule has 0 aromatic rings. The van der Waals surface area contributed by atoms with E-state index in [0.29, 0.717) is 0 Å². The van der Waals surface area contributed by atoms with Gasteiger partial charge in [0.05, 0.1) is 0 Å². The van der Waals surface area contributed by atoms with E-state index < -0.39 is 12.7 Å². The fourth-order valence-corrected chi connectivity index (χ4v) is 1.23. The van der Waals surface area contributed by atoms with Crippen LogP contribution in [0.4, 0.5) is 0 Å². The lowest BCUT2D eigenvalue weighted by atomic mass is 10.7. The Hall–Kier alpha value is 0.760. The van der Waals surface area contributed by atoms with Crippen molar-refractivity contribution in [3.63, 3.8) is 0 Å². The molecule has 3 nitrogen and oxygen atoms in total. The Bertz CT molecular complexity index is 181. The molecule has 0 radical (unpaired) electrons. The number of halogens is 3. The van der Waals surface area contributed by atoms with Gasteiger partial charge in [-0.15, -0.1) is 11.6 Å². The molecule has 0 aliphatic heterocycles. The zero-order valence-electron chi connectivity index (χ0n) is 4.54. The van der Waals surface area contributed by atoms with E-state index in [1.165, 1.54) is 0 Å². The first kappa shape index (κ1) is 10.8. The third-order valence-electron chi connectivity index (χ3n) is 0.585. The minimum atomic E-state index is -4.29. The Labute approximate surface area is 72.7 Å². The highest BCUT2D eigenvalue weighted by Gasteiger charge is 2.24. The molecule has 1 atom stereocenters. The maximum atomic E-state index is 10.3. The Morgan fingerprint density at radius 2 is 1.90 bits per heavy atom. The summed E-state index contributed by atoms with van der Waals surface area (Å²) in [7, 11) is -4.29. The Morgan fingerprint density at radius 1 is 1.50 bits per heavy atom. The molecule has 7 heteroatoms. The summed E-state index contributed by atoms with van der Waals surface area (Å²) in [5, 5.41) is -1.45. The van der Waals surface area contributed by atoms with Crippen LogP contribution in [0.1, 0.15) is 0 Å². The number of alkyl halides is 1. The predicted octanol–water partition coefficient (Wildman–Crippen LogP) is 2.05. The second kappa shape index (κ2) is 3.96. The summed E-state index contributed by atoms with van der Waals surface area (Å²) in [6, 6.07) is 0.